The summed E-state index contributed by atoms with van der Waals surface area (Å²) in [6.07, 6.45) is 6.50. The zero-order valence-corrected chi connectivity index (χ0v) is 16.7. The standard InChI is InChI=1S/C22H26N6O/c1-15-13-20(28-22(25-15)23-14-24-28)27-11-9-17(10-12-27)21(29)26-19-8-4-6-16-5-2-3-7-18(16)19/h2-3,5,7,13-14,17,19H,4,6,8-12H2,1H3,(H,26,29)/t19-/m0/s1. The van der Waals surface area contributed by atoms with E-state index in [1.54, 1.807) is 4.52 Å². The topological polar surface area (TPSA) is 75.4 Å². The lowest BCUT2D eigenvalue weighted by molar-refractivity contribution is -0.126. The molecule has 0 radical (unpaired) electrons. The van der Waals surface area contributed by atoms with E-state index in [4.69, 9.17) is 0 Å². The molecule has 5 rings (SSSR count). The minimum Gasteiger partial charge on any atom is -0.356 e. The van der Waals surface area contributed by atoms with Crippen LogP contribution in [0.3, 0.4) is 0 Å². The first-order valence-electron chi connectivity index (χ1n) is 10.5. The summed E-state index contributed by atoms with van der Waals surface area (Å²) in [5, 5.41) is 7.65. The van der Waals surface area contributed by atoms with E-state index in [1.165, 1.54) is 17.5 Å². The number of nitrogens with one attached hydrogen (secondary N) is 1. The minimum absolute atomic E-state index is 0.0644. The van der Waals surface area contributed by atoms with Gasteiger partial charge < -0.3 is 10.2 Å². The van der Waals surface area contributed by atoms with E-state index in [2.05, 4.69) is 49.5 Å². The van der Waals surface area contributed by atoms with Gasteiger partial charge in [-0.25, -0.2) is 4.98 Å². The van der Waals surface area contributed by atoms with E-state index >= 15 is 0 Å². The number of hydrogen-bond donors (Lipinski definition) is 1. The molecular weight excluding hydrogens is 364 g/mol. The molecule has 1 fully saturated rings. The predicted octanol–water partition coefficient (Wildman–Crippen LogP) is 2.84. The second kappa shape index (κ2) is 7.46. The van der Waals surface area contributed by atoms with Gasteiger partial charge in [-0.3, -0.25) is 4.79 Å². The number of hydrogen-bond acceptors (Lipinski definition) is 5. The van der Waals surface area contributed by atoms with Crippen molar-refractivity contribution in [2.75, 3.05) is 18.0 Å². The van der Waals surface area contributed by atoms with Crippen LogP contribution in [0.1, 0.15) is 48.5 Å². The number of carbonyl (C=O) groups excluding carboxylic acids is 1. The Bertz CT molecular complexity index is 1040. The predicted molar refractivity (Wildman–Crippen MR) is 111 cm³/mol. The van der Waals surface area contributed by atoms with Gasteiger partial charge in [0.25, 0.3) is 5.78 Å². The Kier molecular flexibility index (Phi) is 4.66. The molecule has 2 aliphatic rings. The summed E-state index contributed by atoms with van der Waals surface area (Å²) in [5.41, 5.74) is 3.60. The third kappa shape index (κ3) is 3.45. The van der Waals surface area contributed by atoms with E-state index < -0.39 is 0 Å². The Hall–Kier alpha value is -2.96. The third-order valence-corrected chi connectivity index (χ3v) is 6.24. The van der Waals surface area contributed by atoms with Gasteiger partial charge in [-0.2, -0.15) is 14.6 Å². The first-order valence-corrected chi connectivity index (χ1v) is 10.5. The van der Waals surface area contributed by atoms with Crippen molar-refractivity contribution in [1.82, 2.24) is 24.9 Å². The summed E-state index contributed by atoms with van der Waals surface area (Å²) >= 11 is 0. The van der Waals surface area contributed by atoms with E-state index in [1.807, 2.05) is 13.0 Å². The maximum atomic E-state index is 13.0. The van der Waals surface area contributed by atoms with Gasteiger partial charge >= 0.3 is 0 Å². The molecule has 1 amide bonds. The highest BCUT2D eigenvalue weighted by Crippen LogP contribution is 2.31. The number of piperidine rings is 1. The molecule has 1 aliphatic heterocycles. The van der Waals surface area contributed by atoms with Crippen LogP contribution in [-0.2, 0) is 11.2 Å². The molecule has 3 aromatic rings. The van der Waals surface area contributed by atoms with Gasteiger partial charge in [-0.15, -0.1) is 0 Å². The monoisotopic (exact) mass is 390 g/mol. The van der Waals surface area contributed by atoms with Crippen LogP contribution in [0.4, 0.5) is 5.82 Å². The maximum Gasteiger partial charge on any atom is 0.254 e. The number of nitrogens with zero attached hydrogens (tertiary/aromatic N) is 5. The first-order chi connectivity index (χ1) is 14.2. The Balaban J connectivity index is 1.25. The van der Waals surface area contributed by atoms with Gasteiger partial charge in [0.15, 0.2) is 0 Å². The average Bonchev–Trinajstić information content (AvgIpc) is 3.22. The van der Waals surface area contributed by atoms with Gasteiger partial charge in [0.2, 0.25) is 5.91 Å². The van der Waals surface area contributed by atoms with Crippen molar-refractivity contribution in [2.24, 2.45) is 5.92 Å². The second-order valence-corrected chi connectivity index (χ2v) is 8.14. The molecule has 1 atom stereocenters. The van der Waals surface area contributed by atoms with Gasteiger partial charge in [-0.05, 0) is 50.2 Å². The smallest absolute Gasteiger partial charge is 0.254 e. The van der Waals surface area contributed by atoms with Crippen molar-refractivity contribution in [3.8, 4) is 0 Å². The fraction of sp³-hybridized carbons (Fsp3) is 0.455. The maximum absolute atomic E-state index is 13.0. The lowest BCUT2D eigenvalue weighted by atomic mass is 9.87. The second-order valence-electron chi connectivity index (χ2n) is 8.14. The van der Waals surface area contributed by atoms with Crippen molar-refractivity contribution < 1.29 is 4.79 Å². The highest BCUT2D eigenvalue weighted by molar-refractivity contribution is 5.79. The van der Waals surface area contributed by atoms with Crippen molar-refractivity contribution in [2.45, 2.75) is 45.1 Å². The minimum atomic E-state index is 0.0644. The summed E-state index contributed by atoms with van der Waals surface area (Å²) in [6, 6.07) is 10.7. The first kappa shape index (κ1) is 18.1. The SMILES string of the molecule is Cc1cc(N2CCC(C(=O)N[C@H]3CCCc4ccccc43)CC2)n2ncnc2n1. The number of amides is 1. The zero-order chi connectivity index (χ0) is 19.8. The van der Waals surface area contributed by atoms with Crippen LogP contribution in [-0.4, -0.2) is 38.6 Å². The molecule has 1 N–H and O–H groups in total. The Labute approximate surface area is 170 Å². The number of benzene rings is 1. The van der Waals surface area contributed by atoms with Crippen molar-refractivity contribution in [3.63, 3.8) is 0 Å². The highest BCUT2D eigenvalue weighted by Gasteiger charge is 2.29. The molecular formula is C22H26N6O. The van der Waals surface area contributed by atoms with E-state index in [-0.39, 0.29) is 17.9 Å². The van der Waals surface area contributed by atoms with Crippen LogP contribution < -0.4 is 10.2 Å². The number of carbonyl (C=O) groups is 1. The molecule has 29 heavy (non-hydrogen) atoms. The fourth-order valence-electron chi connectivity index (χ4n) is 4.70. The van der Waals surface area contributed by atoms with Gasteiger partial charge in [0.1, 0.15) is 12.1 Å². The Morgan fingerprint density at radius 3 is 2.86 bits per heavy atom. The summed E-state index contributed by atoms with van der Waals surface area (Å²) in [7, 11) is 0. The lowest BCUT2D eigenvalue weighted by Crippen LogP contribution is -2.42. The molecule has 0 bridgehead atoms. The summed E-state index contributed by atoms with van der Waals surface area (Å²) in [4.78, 5) is 23.9. The fourth-order valence-corrected chi connectivity index (χ4v) is 4.70. The summed E-state index contributed by atoms with van der Waals surface area (Å²) in [5.74, 6) is 1.89. The molecule has 7 nitrogen and oxygen atoms in total. The molecule has 0 saturated carbocycles. The number of anilines is 1. The van der Waals surface area contributed by atoms with Crippen LogP contribution in [0.15, 0.2) is 36.7 Å². The summed E-state index contributed by atoms with van der Waals surface area (Å²) < 4.78 is 1.78. The summed E-state index contributed by atoms with van der Waals surface area (Å²) in [6.45, 7) is 3.63. The molecule has 0 unspecified atom stereocenters. The van der Waals surface area contributed by atoms with Crippen molar-refractivity contribution in [3.05, 3.63) is 53.5 Å². The Morgan fingerprint density at radius 1 is 1.17 bits per heavy atom. The van der Waals surface area contributed by atoms with Crippen LogP contribution in [0, 0.1) is 12.8 Å². The highest BCUT2D eigenvalue weighted by atomic mass is 16.2. The van der Waals surface area contributed by atoms with Crippen LogP contribution in [0.2, 0.25) is 0 Å². The van der Waals surface area contributed by atoms with Crippen molar-refractivity contribution in [1.29, 1.82) is 0 Å². The molecule has 1 saturated heterocycles. The molecule has 0 spiro atoms. The average molecular weight is 390 g/mol. The van der Waals surface area contributed by atoms with E-state index in [0.717, 1.165) is 56.7 Å². The molecule has 150 valence electrons. The molecule has 1 aliphatic carbocycles. The number of fused-ring (bicyclic) bond motifs is 2. The van der Waals surface area contributed by atoms with E-state index in [0.29, 0.717) is 5.78 Å². The van der Waals surface area contributed by atoms with E-state index in [9.17, 15) is 4.79 Å². The van der Waals surface area contributed by atoms with Gasteiger partial charge in [-0.1, -0.05) is 24.3 Å². The normalized spacial score (nSPS) is 19.9. The van der Waals surface area contributed by atoms with Gasteiger partial charge in [0.05, 0.1) is 6.04 Å². The van der Waals surface area contributed by atoms with Crippen molar-refractivity contribution >= 4 is 17.5 Å². The largest absolute Gasteiger partial charge is 0.356 e. The molecule has 1 aromatic carbocycles. The zero-order valence-electron chi connectivity index (χ0n) is 16.7. The number of rotatable bonds is 3. The number of aromatic nitrogens is 4. The van der Waals surface area contributed by atoms with Gasteiger partial charge in [0, 0.05) is 30.8 Å². The molecule has 3 heterocycles. The Morgan fingerprint density at radius 2 is 2.00 bits per heavy atom. The molecule has 7 heteroatoms. The quantitative estimate of drug-likeness (QED) is 0.744. The van der Waals surface area contributed by atoms with Crippen LogP contribution >= 0.6 is 0 Å². The lowest BCUT2D eigenvalue weighted by Gasteiger charge is -2.34. The third-order valence-electron chi connectivity index (χ3n) is 6.24. The van der Waals surface area contributed by atoms with Crippen LogP contribution in [0.5, 0.6) is 0 Å². The molecule has 2 aromatic heterocycles. The number of aryl methyl sites for hydroxylation is 2. The van der Waals surface area contributed by atoms with Crippen LogP contribution in [0.25, 0.3) is 5.78 Å².